The molecule has 0 aromatic heterocycles. The first-order chi connectivity index (χ1) is 16.1. The number of hydrogen-bond donors (Lipinski definition) is 0. The molecule has 0 heterocycles. The molecule has 0 radical (unpaired) electrons. The molecule has 4 rings (SSSR count). The molecule has 0 amide bonds. The molecule has 1 aliphatic carbocycles. The highest BCUT2D eigenvalue weighted by Crippen LogP contribution is 2.50. The smallest absolute Gasteiger partial charge is 0.337 e. The fraction of sp³-hybridized carbons (Fsp3) is 0.300. The lowest BCUT2D eigenvalue weighted by molar-refractivity contribution is 0.0600. The van der Waals surface area contributed by atoms with Crippen LogP contribution in [0, 0.1) is 0 Å². The second kappa shape index (κ2) is 9.36. The van der Waals surface area contributed by atoms with Gasteiger partial charge in [-0.15, -0.1) is 0 Å². The molecule has 0 spiro atoms. The van der Waals surface area contributed by atoms with Crippen LogP contribution < -0.4 is 0 Å². The van der Waals surface area contributed by atoms with Gasteiger partial charge in [0.25, 0.3) is 0 Å². The number of methoxy groups -OCH3 is 1. The summed E-state index contributed by atoms with van der Waals surface area (Å²) < 4.78 is 11.8. The van der Waals surface area contributed by atoms with E-state index in [1.165, 1.54) is 29.4 Å². The third-order valence-corrected chi connectivity index (χ3v) is 11.7. The molecule has 176 valence electrons. The second-order valence-corrected chi connectivity index (χ2v) is 15.2. The van der Waals surface area contributed by atoms with Crippen molar-refractivity contribution in [1.82, 2.24) is 0 Å². The van der Waals surface area contributed by atoms with Crippen LogP contribution in [0.4, 0.5) is 0 Å². The molecule has 0 fully saturated rings. The fourth-order valence-corrected chi connectivity index (χ4v) is 5.62. The zero-order valence-electron chi connectivity index (χ0n) is 21.0. The summed E-state index contributed by atoms with van der Waals surface area (Å²) in [5, 5.41) is 0.139. The van der Waals surface area contributed by atoms with Crippen LogP contribution in [-0.2, 0) is 9.16 Å². The van der Waals surface area contributed by atoms with Gasteiger partial charge >= 0.3 is 5.97 Å². The SMILES string of the molecule is COC(=O)c1ccc(/C(=C2/CC(O[Si](C)(C)C(C)(C)C)c3ccccc32)c2ccccc2)cc1. The lowest BCUT2D eigenvalue weighted by Gasteiger charge is -2.38. The van der Waals surface area contributed by atoms with Crippen molar-refractivity contribution in [3.63, 3.8) is 0 Å². The summed E-state index contributed by atoms with van der Waals surface area (Å²) in [5.74, 6) is -0.325. The average molecular weight is 471 g/mol. The molecule has 1 atom stereocenters. The van der Waals surface area contributed by atoms with E-state index < -0.39 is 8.32 Å². The van der Waals surface area contributed by atoms with Crippen molar-refractivity contribution in [2.24, 2.45) is 0 Å². The third kappa shape index (κ3) is 4.66. The Morgan fingerprint density at radius 1 is 0.824 bits per heavy atom. The Kier molecular flexibility index (Phi) is 6.66. The lowest BCUT2D eigenvalue weighted by Crippen LogP contribution is -2.41. The van der Waals surface area contributed by atoms with Crippen LogP contribution in [0.3, 0.4) is 0 Å². The van der Waals surface area contributed by atoms with Crippen molar-refractivity contribution in [3.05, 3.63) is 107 Å². The predicted octanol–water partition coefficient (Wildman–Crippen LogP) is 7.90. The normalized spacial score (nSPS) is 17.3. The Morgan fingerprint density at radius 2 is 1.38 bits per heavy atom. The zero-order chi connectivity index (χ0) is 24.5. The molecule has 1 aliphatic rings. The summed E-state index contributed by atoms with van der Waals surface area (Å²) in [7, 11) is -0.551. The minimum atomic E-state index is -1.96. The topological polar surface area (TPSA) is 35.5 Å². The van der Waals surface area contributed by atoms with E-state index in [1.54, 1.807) is 0 Å². The summed E-state index contributed by atoms with van der Waals surface area (Å²) >= 11 is 0. The molecule has 0 aliphatic heterocycles. The number of carbonyl (C=O) groups is 1. The quantitative estimate of drug-likeness (QED) is 0.281. The number of rotatable bonds is 5. The Hall–Kier alpha value is -2.95. The Bertz CT molecular complexity index is 1200. The summed E-state index contributed by atoms with van der Waals surface area (Å²) in [4.78, 5) is 12.0. The number of ether oxygens (including phenoxy) is 1. The van der Waals surface area contributed by atoms with Crippen molar-refractivity contribution in [1.29, 1.82) is 0 Å². The minimum absolute atomic E-state index is 0.0418. The van der Waals surface area contributed by atoms with Crippen molar-refractivity contribution >= 4 is 25.4 Å². The van der Waals surface area contributed by atoms with E-state index in [0.717, 1.165) is 17.5 Å². The molecule has 34 heavy (non-hydrogen) atoms. The first-order valence-electron chi connectivity index (χ1n) is 11.9. The molecule has 0 saturated carbocycles. The van der Waals surface area contributed by atoms with Gasteiger partial charge in [0.2, 0.25) is 0 Å². The van der Waals surface area contributed by atoms with E-state index in [0.29, 0.717) is 5.56 Å². The van der Waals surface area contributed by atoms with E-state index in [2.05, 4.69) is 82.4 Å². The largest absolute Gasteiger partial charge is 0.465 e. The van der Waals surface area contributed by atoms with E-state index in [1.807, 2.05) is 30.3 Å². The van der Waals surface area contributed by atoms with Gasteiger partial charge in [-0.2, -0.15) is 0 Å². The third-order valence-electron chi connectivity index (χ3n) is 7.22. The average Bonchev–Trinajstić information content (AvgIpc) is 3.16. The van der Waals surface area contributed by atoms with Crippen LogP contribution in [0.15, 0.2) is 78.9 Å². The Morgan fingerprint density at radius 3 is 2.00 bits per heavy atom. The molecule has 4 heteroatoms. The number of fused-ring (bicyclic) bond motifs is 1. The molecule has 0 bridgehead atoms. The first kappa shape index (κ1) is 24.2. The first-order valence-corrected chi connectivity index (χ1v) is 14.8. The van der Waals surface area contributed by atoms with Gasteiger partial charge < -0.3 is 9.16 Å². The molecule has 1 unspecified atom stereocenters. The van der Waals surface area contributed by atoms with Gasteiger partial charge in [-0.05, 0) is 63.7 Å². The van der Waals surface area contributed by atoms with Gasteiger partial charge in [-0.1, -0.05) is 87.5 Å². The van der Waals surface area contributed by atoms with Crippen LogP contribution in [0.1, 0.15) is 65.9 Å². The highest BCUT2D eigenvalue weighted by atomic mass is 28.4. The van der Waals surface area contributed by atoms with Crippen LogP contribution in [0.25, 0.3) is 11.1 Å². The molecule has 3 nitrogen and oxygen atoms in total. The maximum absolute atomic E-state index is 12.0. The Balaban J connectivity index is 1.86. The fourth-order valence-electron chi connectivity index (χ4n) is 4.34. The van der Waals surface area contributed by atoms with Gasteiger partial charge in [0.1, 0.15) is 0 Å². The second-order valence-electron chi connectivity index (χ2n) is 10.4. The molecule has 3 aromatic carbocycles. The molecule has 0 N–H and O–H groups in total. The van der Waals surface area contributed by atoms with Crippen LogP contribution in [-0.4, -0.2) is 21.4 Å². The maximum atomic E-state index is 12.0. The molecule has 3 aromatic rings. The molecule has 0 saturated heterocycles. The van der Waals surface area contributed by atoms with E-state index in [-0.39, 0.29) is 17.1 Å². The van der Waals surface area contributed by atoms with Crippen LogP contribution in [0.5, 0.6) is 0 Å². The van der Waals surface area contributed by atoms with Crippen molar-refractivity contribution in [2.75, 3.05) is 7.11 Å². The summed E-state index contributed by atoms with van der Waals surface area (Å²) in [5.41, 5.74) is 7.78. The highest BCUT2D eigenvalue weighted by Gasteiger charge is 2.41. The molecular formula is C30H34O3Si. The van der Waals surface area contributed by atoms with Gasteiger partial charge in [0, 0.05) is 6.42 Å². The standard InChI is InChI=1S/C30H34O3Si/c1-30(2,3)34(5,6)33-27-20-26(24-14-10-11-15-25(24)27)28(21-12-8-7-9-13-21)22-16-18-23(19-17-22)29(31)32-4/h7-19,27H,20H2,1-6H3/b28-26-. The van der Waals surface area contributed by atoms with Crippen LogP contribution in [0.2, 0.25) is 18.1 Å². The summed E-state index contributed by atoms with van der Waals surface area (Å²) in [6.45, 7) is 11.5. The van der Waals surface area contributed by atoms with Gasteiger partial charge in [0.15, 0.2) is 8.32 Å². The lowest BCUT2D eigenvalue weighted by atomic mass is 9.90. The highest BCUT2D eigenvalue weighted by molar-refractivity contribution is 6.74. The van der Waals surface area contributed by atoms with E-state index in [4.69, 9.17) is 9.16 Å². The Labute approximate surface area is 204 Å². The predicted molar refractivity (Wildman–Crippen MR) is 142 cm³/mol. The van der Waals surface area contributed by atoms with Gasteiger partial charge in [-0.3, -0.25) is 0 Å². The maximum Gasteiger partial charge on any atom is 0.337 e. The monoisotopic (exact) mass is 470 g/mol. The summed E-state index contributed by atoms with van der Waals surface area (Å²) in [6, 6.07) is 26.9. The van der Waals surface area contributed by atoms with Crippen molar-refractivity contribution in [3.8, 4) is 0 Å². The van der Waals surface area contributed by atoms with Gasteiger partial charge in [-0.25, -0.2) is 4.79 Å². The van der Waals surface area contributed by atoms with Crippen LogP contribution >= 0.6 is 0 Å². The molecular weight excluding hydrogens is 436 g/mol. The van der Waals surface area contributed by atoms with Gasteiger partial charge in [0.05, 0.1) is 18.8 Å². The van der Waals surface area contributed by atoms with E-state index >= 15 is 0 Å². The van der Waals surface area contributed by atoms with Crippen molar-refractivity contribution < 1.29 is 14.0 Å². The number of benzene rings is 3. The number of esters is 1. The zero-order valence-corrected chi connectivity index (χ0v) is 22.0. The summed E-state index contributed by atoms with van der Waals surface area (Å²) in [6.07, 6.45) is 0.870. The number of hydrogen-bond acceptors (Lipinski definition) is 3. The van der Waals surface area contributed by atoms with Crippen molar-refractivity contribution in [2.45, 2.75) is 51.4 Å². The van der Waals surface area contributed by atoms with E-state index in [9.17, 15) is 4.79 Å². The number of carbonyl (C=O) groups excluding carboxylic acids is 1. The minimum Gasteiger partial charge on any atom is -0.465 e.